The minimum absolute atomic E-state index is 0.672. The molecule has 2 aromatic carbocycles. The Morgan fingerprint density at radius 3 is 2.90 bits per heavy atom. The molecule has 0 atom stereocenters. The van der Waals surface area contributed by atoms with Crippen LogP contribution in [0.5, 0.6) is 0 Å². The van der Waals surface area contributed by atoms with Crippen LogP contribution in [0.4, 0.5) is 5.69 Å². The van der Waals surface area contributed by atoms with Crippen molar-refractivity contribution < 1.29 is 0 Å². The first kappa shape index (κ1) is 13.1. The molecule has 21 heavy (non-hydrogen) atoms. The highest BCUT2D eigenvalue weighted by Crippen LogP contribution is 2.19. The van der Waals surface area contributed by atoms with Crippen LogP contribution >= 0.6 is 0 Å². The molecule has 0 spiro atoms. The van der Waals surface area contributed by atoms with Gasteiger partial charge in [-0.2, -0.15) is 5.26 Å². The van der Waals surface area contributed by atoms with Crippen molar-refractivity contribution in [2.75, 3.05) is 5.32 Å². The largest absolute Gasteiger partial charge is 0.381 e. The molecule has 0 aliphatic rings. The predicted octanol–water partition coefficient (Wildman–Crippen LogP) is 4.03. The number of fused-ring (bicyclic) bond motifs is 1. The summed E-state index contributed by atoms with van der Waals surface area (Å²) in [5.41, 5.74) is 5.00. The summed E-state index contributed by atoms with van der Waals surface area (Å²) >= 11 is 0. The fourth-order valence-electron chi connectivity index (χ4n) is 2.31. The van der Waals surface area contributed by atoms with Crippen molar-refractivity contribution in [3.63, 3.8) is 0 Å². The van der Waals surface area contributed by atoms with Crippen molar-refractivity contribution in [3.05, 3.63) is 71.4 Å². The molecular weight excluding hydrogens is 258 g/mol. The smallest absolute Gasteiger partial charge is 0.0992 e. The zero-order chi connectivity index (χ0) is 14.7. The number of anilines is 1. The molecule has 3 rings (SSSR count). The summed E-state index contributed by atoms with van der Waals surface area (Å²) in [7, 11) is 0. The normalized spacial score (nSPS) is 10.3. The van der Waals surface area contributed by atoms with Gasteiger partial charge in [-0.05, 0) is 48.4 Å². The fraction of sp³-hybridized carbons (Fsp3) is 0.111. The van der Waals surface area contributed by atoms with Gasteiger partial charge in [0, 0.05) is 23.8 Å². The van der Waals surface area contributed by atoms with Crippen LogP contribution in [0.1, 0.15) is 16.7 Å². The zero-order valence-electron chi connectivity index (χ0n) is 11.8. The van der Waals surface area contributed by atoms with Gasteiger partial charge >= 0.3 is 0 Å². The number of aryl methyl sites for hydroxylation is 1. The van der Waals surface area contributed by atoms with Gasteiger partial charge in [0.2, 0.25) is 0 Å². The van der Waals surface area contributed by atoms with Crippen LogP contribution in [-0.4, -0.2) is 4.98 Å². The summed E-state index contributed by atoms with van der Waals surface area (Å²) in [4.78, 5) is 4.32. The van der Waals surface area contributed by atoms with Crippen LogP contribution in [0.25, 0.3) is 10.9 Å². The maximum Gasteiger partial charge on any atom is 0.0992 e. The van der Waals surface area contributed by atoms with Gasteiger partial charge < -0.3 is 5.32 Å². The minimum Gasteiger partial charge on any atom is -0.381 e. The van der Waals surface area contributed by atoms with Crippen molar-refractivity contribution in [2.24, 2.45) is 0 Å². The number of aromatic nitrogens is 1. The number of hydrogen-bond acceptors (Lipinski definition) is 3. The van der Waals surface area contributed by atoms with E-state index >= 15 is 0 Å². The Bertz CT molecular complexity index is 831. The molecular formula is C18H15N3. The Kier molecular flexibility index (Phi) is 3.53. The van der Waals surface area contributed by atoms with Crippen molar-refractivity contribution in [1.82, 2.24) is 4.98 Å². The number of benzene rings is 2. The topological polar surface area (TPSA) is 48.7 Å². The van der Waals surface area contributed by atoms with E-state index in [-0.39, 0.29) is 0 Å². The molecule has 3 nitrogen and oxygen atoms in total. The maximum absolute atomic E-state index is 8.97. The second kappa shape index (κ2) is 5.64. The SMILES string of the molecule is Cc1ccc(C#N)cc1NCc1ccc2ncccc2c1. The lowest BCUT2D eigenvalue weighted by Crippen LogP contribution is -2.01. The van der Waals surface area contributed by atoms with Crippen molar-refractivity contribution in [2.45, 2.75) is 13.5 Å². The number of nitriles is 1. The summed E-state index contributed by atoms with van der Waals surface area (Å²) in [6, 6.07) is 18.1. The lowest BCUT2D eigenvalue weighted by molar-refractivity contribution is 1.14. The molecule has 0 unspecified atom stereocenters. The highest BCUT2D eigenvalue weighted by atomic mass is 14.9. The predicted molar refractivity (Wildman–Crippen MR) is 85.0 cm³/mol. The third-order valence-electron chi connectivity index (χ3n) is 3.52. The molecule has 3 aromatic rings. The average Bonchev–Trinajstić information content (AvgIpc) is 2.54. The molecule has 0 saturated heterocycles. The quantitative estimate of drug-likeness (QED) is 0.783. The van der Waals surface area contributed by atoms with Gasteiger partial charge in [0.1, 0.15) is 0 Å². The van der Waals surface area contributed by atoms with Crippen molar-refractivity contribution >= 4 is 16.6 Å². The van der Waals surface area contributed by atoms with Gasteiger partial charge in [0.25, 0.3) is 0 Å². The zero-order valence-corrected chi connectivity index (χ0v) is 11.8. The Morgan fingerprint density at radius 1 is 1.14 bits per heavy atom. The van der Waals surface area contributed by atoms with E-state index in [1.807, 2.05) is 37.3 Å². The summed E-state index contributed by atoms with van der Waals surface area (Å²) < 4.78 is 0. The standard InChI is InChI=1S/C18H15N3/c1-13-4-5-14(11-19)10-18(13)21-12-15-6-7-17-16(9-15)3-2-8-20-17/h2-10,21H,12H2,1H3. The Labute approximate surface area is 123 Å². The molecule has 102 valence electrons. The van der Waals surface area contributed by atoms with E-state index in [9.17, 15) is 0 Å². The summed E-state index contributed by atoms with van der Waals surface area (Å²) in [5.74, 6) is 0. The first-order valence-corrected chi connectivity index (χ1v) is 6.84. The lowest BCUT2D eigenvalue weighted by Gasteiger charge is -2.10. The van der Waals surface area contributed by atoms with Crippen LogP contribution in [0, 0.1) is 18.3 Å². The highest BCUT2D eigenvalue weighted by molar-refractivity contribution is 5.79. The minimum atomic E-state index is 0.672. The van der Waals surface area contributed by atoms with Crippen LogP contribution in [-0.2, 0) is 6.54 Å². The second-order valence-corrected chi connectivity index (χ2v) is 5.03. The Hall–Kier alpha value is -2.86. The number of nitrogens with one attached hydrogen (secondary N) is 1. The van der Waals surface area contributed by atoms with E-state index < -0.39 is 0 Å². The third kappa shape index (κ3) is 2.85. The molecule has 0 amide bonds. The summed E-state index contributed by atoms with van der Waals surface area (Å²) in [6.07, 6.45) is 1.80. The van der Waals surface area contributed by atoms with Crippen LogP contribution in [0.3, 0.4) is 0 Å². The molecule has 0 radical (unpaired) electrons. The van der Waals surface area contributed by atoms with E-state index in [0.717, 1.165) is 28.7 Å². The van der Waals surface area contributed by atoms with Crippen LogP contribution in [0.2, 0.25) is 0 Å². The van der Waals surface area contributed by atoms with Gasteiger partial charge in [-0.1, -0.05) is 18.2 Å². The molecule has 1 aromatic heterocycles. The number of pyridine rings is 1. The number of rotatable bonds is 3. The first-order chi connectivity index (χ1) is 10.3. The molecule has 0 aliphatic heterocycles. The van der Waals surface area contributed by atoms with E-state index in [1.54, 1.807) is 6.20 Å². The van der Waals surface area contributed by atoms with Gasteiger partial charge in [0.15, 0.2) is 0 Å². The molecule has 0 aliphatic carbocycles. The van der Waals surface area contributed by atoms with Crippen LogP contribution < -0.4 is 5.32 Å². The number of hydrogen-bond donors (Lipinski definition) is 1. The van der Waals surface area contributed by atoms with Crippen molar-refractivity contribution in [1.29, 1.82) is 5.26 Å². The Balaban J connectivity index is 1.82. The monoisotopic (exact) mass is 273 g/mol. The highest BCUT2D eigenvalue weighted by Gasteiger charge is 2.01. The third-order valence-corrected chi connectivity index (χ3v) is 3.52. The van der Waals surface area contributed by atoms with Gasteiger partial charge in [-0.3, -0.25) is 4.98 Å². The molecule has 1 heterocycles. The molecule has 0 saturated carbocycles. The Morgan fingerprint density at radius 2 is 2.05 bits per heavy atom. The lowest BCUT2D eigenvalue weighted by atomic mass is 10.1. The molecule has 0 bridgehead atoms. The van der Waals surface area contributed by atoms with E-state index in [1.165, 1.54) is 5.56 Å². The fourth-order valence-corrected chi connectivity index (χ4v) is 2.31. The average molecular weight is 273 g/mol. The molecule has 1 N–H and O–H groups in total. The van der Waals surface area contributed by atoms with E-state index in [0.29, 0.717) is 5.56 Å². The van der Waals surface area contributed by atoms with Gasteiger partial charge in [0.05, 0.1) is 17.1 Å². The maximum atomic E-state index is 8.97. The molecule has 3 heteroatoms. The molecule has 0 fully saturated rings. The van der Waals surface area contributed by atoms with E-state index in [4.69, 9.17) is 5.26 Å². The van der Waals surface area contributed by atoms with Gasteiger partial charge in [-0.15, -0.1) is 0 Å². The van der Waals surface area contributed by atoms with E-state index in [2.05, 4.69) is 34.6 Å². The second-order valence-electron chi connectivity index (χ2n) is 5.03. The van der Waals surface area contributed by atoms with Gasteiger partial charge in [-0.25, -0.2) is 0 Å². The van der Waals surface area contributed by atoms with Crippen molar-refractivity contribution in [3.8, 4) is 6.07 Å². The van der Waals surface area contributed by atoms with Crippen LogP contribution in [0.15, 0.2) is 54.7 Å². The first-order valence-electron chi connectivity index (χ1n) is 6.84. The summed E-state index contributed by atoms with van der Waals surface area (Å²) in [5, 5.41) is 13.5. The number of nitrogens with zero attached hydrogens (tertiary/aromatic N) is 2. The summed E-state index contributed by atoms with van der Waals surface area (Å²) in [6.45, 7) is 2.76.